The van der Waals surface area contributed by atoms with E-state index in [4.69, 9.17) is 24.4 Å². The van der Waals surface area contributed by atoms with Gasteiger partial charge in [-0.25, -0.2) is 0 Å². The van der Waals surface area contributed by atoms with E-state index in [0.717, 1.165) is 13.2 Å². The van der Waals surface area contributed by atoms with Gasteiger partial charge in [0.2, 0.25) is 0 Å². The highest BCUT2D eigenvalue weighted by Crippen LogP contribution is 2.05. The third-order valence-electron chi connectivity index (χ3n) is 3.63. The lowest BCUT2D eigenvalue weighted by Crippen LogP contribution is -2.09. The molecule has 0 aromatic rings. The lowest BCUT2D eigenvalue weighted by Gasteiger charge is -2.03. The van der Waals surface area contributed by atoms with E-state index in [2.05, 4.69) is 13.8 Å². The van der Waals surface area contributed by atoms with Crippen molar-refractivity contribution in [1.82, 2.24) is 0 Å². The van der Waals surface area contributed by atoms with Crippen molar-refractivity contribution in [3.05, 3.63) is 0 Å². The Labute approximate surface area is 156 Å². The van der Waals surface area contributed by atoms with Crippen LogP contribution in [0.4, 0.5) is 0 Å². The van der Waals surface area contributed by atoms with Gasteiger partial charge in [-0.2, -0.15) is 0 Å². The molecule has 154 valence electrons. The van der Waals surface area contributed by atoms with E-state index in [-0.39, 0.29) is 13.2 Å². The summed E-state index contributed by atoms with van der Waals surface area (Å²) in [6, 6.07) is 0. The second kappa shape index (κ2) is 28.6. The topological polar surface area (TPSA) is 68.2 Å². The van der Waals surface area contributed by atoms with Gasteiger partial charge in [-0.1, -0.05) is 65.2 Å². The zero-order valence-corrected chi connectivity index (χ0v) is 16.8. The van der Waals surface area contributed by atoms with E-state index in [1.807, 2.05) is 0 Å². The molecular formula is C20H44O5. The van der Waals surface area contributed by atoms with Gasteiger partial charge < -0.3 is 24.4 Å². The van der Waals surface area contributed by atoms with Gasteiger partial charge in [0.05, 0.1) is 39.6 Å². The second-order valence-electron chi connectivity index (χ2n) is 6.11. The number of aliphatic hydroxyl groups is 2. The van der Waals surface area contributed by atoms with Crippen LogP contribution >= 0.6 is 0 Å². The standard InChI is InChI=1S/C14H30O.C6H14O4/c1-3-5-7-9-10-12-14-15-13-11-8-6-4-2;7-1-3-9-5-6-10-4-2-8/h3-14H2,1-2H3;7-8H,1-6H2. The fourth-order valence-corrected chi connectivity index (χ4v) is 2.17. The summed E-state index contributed by atoms with van der Waals surface area (Å²) in [5, 5.41) is 16.5. The quantitative estimate of drug-likeness (QED) is 0.340. The number of ether oxygens (including phenoxy) is 3. The summed E-state index contributed by atoms with van der Waals surface area (Å²) in [5.74, 6) is 0. The highest BCUT2D eigenvalue weighted by Gasteiger charge is 1.92. The molecule has 0 rings (SSSR count). The van der Waals surface area contributed by atoms with Gasteiger partial charge in [-0.15, -0.1) is 0 Å². The van der Waals surface area contributed by atoms with Crippen molar-refractivity contribution in [3.63, 3.8) is 0 Å². The van der Waals surface area contributed by atoms with Gasteiger partial charge in [0.15, 0.2) is 0 Å². The van der Waals surface area contributed by atoms with E-state index in [1.165, 1.54) is 64.2 Å². The molecule has 0 saturated heterocycles. The van der Waals surface area contributed by atoms with Crippen molar-refractivity contribution in [2.24, 2.45) is 0 Å². The van der Waals surface area contributed by atoms with Crippen LogP contribution in [0.15, 0.2) is 0 Å². The van der Waals surface area contributed by atoms with Crippen LogP contribution < -0.4 is 0 Å². The molecule has 0 fully saturated rings. The first-order valence-electron chi connectivity index (χ1n) is 10.3. The Bertz CT molecular complexity index is 183. The molecule has 0 atom stereocenters. The maximum atomic E-state index is 8.26. The van der Waals surface area contributed by atoms with Crippen molar-refractivity contribution < 1.29 is 24.4 Å². The van der Waals surface area contributed by atoms with Crippen molar-refractivity contribution in [1.29, 1.82) is 0 Å². The minimum absolute atomic E-state index is 0.0417. The normalized spacial score (nSPS) is 10.6. The van der Waals surface area contributed by atoms with Gasteiger partial charge in [0.1, 0.15) is 0 Å². The number of hydrogen-bond donors (Lipinski definition) is 2. The number of aliphatic hydroxyl groups excluding tert-OH is 2. The Hall–Kier alpha value is -0.200. The van der Waals surface area contributed by atoms with Gasteiger partial charge in [0, 0.05) is 13.2 Å². The van der Waals surface area contributed by atoms with Crippen LogP contribution in [-0.4, -0.2) is 63.1 Å². The summed E-state index contributed by atoms with van der Waals surface area (Å²) in [5.41, 5.74) is 0. The third kappa shape index (κ3) is 32.0. The first-order valence-corrected chi connectivity index (χ1v) is 10.3. The average molecular weight is 365 g/mol. The average Bonchev–Trinajstić information content (AvgIpc) is 2.63. The molecule has 5 heteroatoms. The predicted molar refractivity (Wildman–Crippen MR) is 104 cm³/mol. The first kappa shape index (κ1) is 27.0. The minimum Gasteiger partial charge on any atom is -0.394 e. The minimum atomic E-state index is 0.0417. The molecular weight excluding hydrogens is 320 g/mol. The number of rotatable bonds is 19. The van der Waals surface area contributed by atoms with Crippen LogP contribution in [0.2, 0.25) is 0 Å². The fraction of sp³-hybridized carbons (Fsp3) is 1.00. The maximum absolute atomic E-state index is 8.26. The third-order valence-corrected chi connectivity index (χ3v) is 3.63. The Kier molecular flexibility index (Phi) is 30.9. The van der Waals surface area contributed by atoms with Crippen LogP contribution in [0.5, 0.6) is 0 Å². The summed E-state index contributed by atoms with van der Waals surface area (Å²) in [6.45, 7) is 8.20. The van der Waals surface area contributed by atoms with Gasteiger partial charge >= 0.3 is 0 Å². The Morgan fingerprint density at radius 1 is 0.440 bits per heavy atom. The molecule has 0 aliphatic carbocycles. The molecule has 0 saturated carbocycles. The SMILES string of the molecule is CCCCCCCCOCCCCCC.OCCOCCOCCO. The number of unbranched alkanes of at least 4 members (excludes halogenated alkanes) is 8. The molecule has 0 amide bonds. The summed E-state index contributed by atoms with van der Waals surface area (Å²) >= 11 is 0. The molecule has 0 aliphatic heterocycles. The summed E-state index contributed by atoms with van der Waals surface area (Å²) < 4.78 is 15.3. The molecule has 25 heavy (non-hydrogen) atoms. The van der Waals surface area contributed by atoms with Crippen molar-refractivity contribution in [2.75, 3.05) is 52.9 Å². The lowest BCUT2D eigenvalue weighted by molar-refractivity contribution is 0.0222. The fourth-order valence-electron chi connectivity index (χ4n) is 2.17. The van der Waals surface area contributed by atoms with Gasteiger partial charge in [-0.05, 0) is 12.8 Å². The molecule has 0 spiro atoms. The van der Waals surface area contributed by atoms with Crippen molar-refractivity contribution >= 4 is 0 Å². The molecule has 0 heterocycles. The lowest BCUT2D eigenvalue weighted by atomic mass is 10.1. The molecule has 2 N–H and O–H groups in total. The van der Waals surface area contributed by atoms with Crippen LogP contribution in [-0.2, 0) is 14.2 Å². The van der Waals surface area contributed by atoms with E-state index in [9.17, 15) is 0 Å². The molecule has 0 aromatic carbocycles. The summed E-state index contributed by atoms with van der Waals surface area (Å²) in [4.78, 5) is 0. The second-order valence-corrected chi connectivity index (χ2v) is 6.11. The number of hydrogen-bond acceptors (Lipinski definition) is 5. The monoisotopic (exact) mass is 364 g/mol. The van der Waals surface area contributed by atoms with E-state index in [0.29, 0.717) is 26.4 Å². The molecule has 0 aliphatic rings. The highest BCUT2D eigenvalue weighted by atomic mass is 16.5. The van der Waals surface area contributed by atoms with E-state index >= 15 is 0 Å². The maximum Gasteiger partial charge on any atom is 0.0701 e. The largest absolute Gasteiger partial charge is 0.394 e. The van der Waals surface area contributed by atoms with E-state index in [1.54, 1.807) is 0 Å². The smallest absolute Gasteiger partial charge is 0.0701 e. The van der Waals surface area contributed by atoms with Crippen LogP contribution in [0, 0.1) is 0 Å². The van der Waals surface area contributed by atoms with Crippen molar-refractivity contribution in [3.8, 4) is 0 Å². The van der Waals surface area contributed by atoms with Crippen LogP contribution in [0.25, 0.3) is 0 Å². The zero-order valence-electron chi connectivity index (χ0n) is 16.8. The molecule has 0 radical (unpaired) electrons. The van der Waals surface area contributed by atoms with Gasteiger partial charge in [0.25, 0.3) is 0 Å². The molecule has 5 nitrogen and oxygen atoms in total. The van der Waals surface area contributed by atoms with Crippen LogP contribution in [0.1, 0.15) is 78.1 Å². The highest BCUT2D eigenvalue weighted by molar-refractivity contribution is 4.44. The zero-order chi connectivity index (χ0) is 18.8. The Morgan fingerprint density at radius 2 is 0.800 bits per heavy atom. The van der Waals surface area contributed by atoms with Gasteiger partial charge in [-0.3, -0.25) is 0 Å². The first-order chi connectivity index (χ1) is 12.3. The molecule has 0 bridgehead atoms. The summed E-state index contributed by atoms with van der Waals surface area (Å²) in [6.07, 6.45) is 13.4. The van der Waals surface area contributed by atoms with E-state index < -0.39 is 0 Å². The summed E-state index contributed by atoms with van der Waals surface area (Å²) in [7, 11) is 0. The Morgan fingerprint density at radius 3 is 1.24 bits per heavy atom. The molecule has 0 aromatic heterocycles. The Balaban J connectivity index is 0. The van der Waals surface area contributed by atoms with Crippen molar-refractivity contribution in [2.45, 2.75) is 78.1 Å². The molecule has 0 unspecified atom stereocenters. The van der Waals surface area contributed by atoms with Crippen LogP contribution in [0.3, 0.4) is 0 Å². The predicted octanol–water partition coefficient (Wildman–Crippen LogP) is 3.95.